The lowest BCUT2D eigenvalue weighted by Crippen LogP contribution is -2.38. The van der Waals surface area contributed by atoms with E-state index in [-0.39, 0.29) is 6.79 Å². The van der Waals surface area contributed by atoms with E-state index in [1.54, 1.807) is 6.92 Å². The third kappa shape index (κ3) is 3.91. The molecule has 0 aromatic heterocycles. The van der Waals surface area contributed by atoms with Crippen molar-refractivity contribution in [1.82, 2.24) is 5.32 Å². The molecule has 3 N–H and O–H groups in total. The summed E-state index contributed by atoms with van der Waals surface area (Å²) < 4.78 is 17.2. The molecule has 2 aromatic rings. The number of hydrogen-bond acceptors (Lipinski definition) is 5. The molecule has 2 aromatic carbocycles. The van der Waals surface area contributed by atoms with E-state index >= 15 is 0 Å². The van der Waals surface area contributed by atoms with Gasteiger partial charge in [0.2, 0.25) is 18.4 Å². The maximum Gasteiger partial charge on any atom is 0.234 e. The van der Waals surface area contributed by atoms with Gasteiger partial charge in [-0.3, -0.25) is 4.79 Å². The smallest absolute Gasteiger partial charge is 0.234 e. The average Bonchev–Trinajstić information content (AvgIpc) is 3.15. The third-order valence-corrected chi connectivity index (χ3v) is 4.47. The quantitative estimate of drug-likeness (QED) is 0.759. The van der Waals surface area contributed by atoms with Crippen LogP contribution in [0.25, 0.3) is 0 Å². The molecule has 138 valence electrons. The maximum atomic E-state index is 11.2. The van der Waals surface area contributed by atoms with Crippen LogP contribution in [0.1, 0.15) is 30.5 Å². The van der Waals surface area contributed by atoms with Gasteiger partial charge in [-0.15, -0.1) is 0 Å². The number of aryl methyl sites for hydroxylation is 1. The van der Waals surface area contributed by atoms with Crippen molar-refractivity contribution in [3.05, 3.63) is 53.1 Å². The van der Waals surface area contributed by atoms with Crippen LogP contribution in [0.15, 0.2) is 36.4 Å². The zero-order chi connectivity index (χ0) is 18.5. The summed E-state index contributed by atoms with van der Waals surface area (Å²) in [5, 5.41) is 3.07. The number of primary amides is 1. The number of nitrogens with one attached hydrogen (secondary N) is 1. The van der Waals surface area contributed by atoms with Crippen LogP contribution in [0.2, 0.25) is 0 Å². The van der Waals surface area contributed by atoms with Crippen molar-refractivity contribution in [3.8, 4) is 17.2 Å². The van der Waals surface area contributed by atoms with Gasteiger partial charge in [-0.1, -0.05) is 37.3 Å². The lowest BCUT2D eigenvalue weighted by Gasteiger charge is -2.14. The Bertz CT molecular complexity index is 791. The normalized spacial score (nSPS) is 13.5. The molecule has 0 saturated heterocycles. The van der Waals surface area contributed by atoms with Gasteiger partial charge in [0.05, 0.1) is 6.04 Å². The molecule has 0 aliphatic carbocycles. The largest absolute Gasteiger partial charge is 0.485 e. The fraction of sp³-hybridized carbons (Fsp3) is 0.350. The Labute approximate surface area is 153 Å². The van der Waals surface area contributed by atoms with Crippen molar-refractivity contribution in [1.29, 1.82) is 0 Å². The van der Waals surface area contributed by atoms with E-state index in [0.717, 1.165) is 17.5 Å². The van der Waals surface area contributed by atoms with Gasteiger partial charge in [0.25, 0.3) is 0 Å². The summed E-state index contributed by atoms with van der Waals surface area (Å²) in [6, 6.07) is 11.6. The number of benzene rings is 2. The molecule has 0 saturated carbocycles. The van der Waals surface area contributed by atoms with Crippen molar-refractivity contribution in [2.24, 2.45) is 5.73 Å². The molecule has 1 aliphatic rings. The summed E-state index contributed by atoms with van der Waals surface area (Å²) in [5.74, 6) is 1.50. The van der Waals surface area contributed by atoms with Crippen LogP contribution in [-0.4, -0.2) is 18.7 Å². The van der Waals surface area contributed by atoms with Crippen molar-refractivity contribution >= 4 is 5.91 Å². The summed E-state index contributed by atoms with van der Waals surface area (Å²) in [4.78, 5) is 11.2. The topological polar surface area (TPSA) is 82.8 Å². The first-order valence-electron chi connectivity index (χ1n) is 8.74. The van der Waals surface area contributed by atoms with E-state index in [0.29, 0.717) is 30.4 Å². The lowest BCUT2D eigenvalue weighted by molar-refractivity contribution is -0.119. The minimum absolute atomic E-state index is 0.152. The number of ether oxygens (including phenoxy) is 3. The summed E-state index contributed by atoms with van der Waals surface area (Å²) >= 11 is 0. The molecule has 26 heavy (non-hydrogen) atoms. The number of carbonyl (C=O) groups excluding carboxylic acids is 1. The second-order valence-electron chi connectivity index (χ2n) is 6.20. The van der Waals surface area contributed by atoms with Crippen LogP contribution in [0, 0.1) is 0 Å². The van der Waals surface area contributed by atoms with Crippen molar-refractivity contribution in [2.75, 3.05) is 6.79 Å². The van der Waals surface area contributed by atoms with Crippen molar-refractivity contribution in [2.45, 2.75) is 39.5 Å². The Morgan fingerprint density at radius 1 is 1.15 bits per heavy atom. The Morgan fingerprint density at radius 2 is 1.88 bits per heavy atom. The molecule has 6 nitrogen and oxygen atoms in total. The van der Waals surface area contributed by atoms with E-state index in [1.165, 1.54) is 5.56 Å². The zero-order valence-electron chi connectivity index (χ0n) is 15.1. The van der Waals surface area contributed by atoms with Crippen LogP contribution in [0.4, 0.5) is 0 Å². The monoisotopic (exact) mass is 356 g/mol. The molecule has 0 spiro atoms. The molecule has 3 rings (SSSR count). The van der Waals surface area contributed by atoms with E-state index in [1.807, 2.05) is 24.3 Å². The number of carbonyl (C=O) groups is 1. The molecule has 1 heterocycles. The van der Waals surface area contributed by atoms with Gasteiger partial charge in [0.15, 0.2) is 11.5 Å². The highest BCUT2D eigenvalue weighted by Crippen LogP contribution is 2.43. The SMILES string of the molecule is CCc1ccccc1COc1ccc(CNC(C)C(N)=O)c2c1OCO2. The summed E-state index contributed by atoms with van der Waals surface area (Å²) in [6.07, 6.45) is 0.958. The van der Waals surface area contributed by atoms with Gasteiger partial charge in [0.1, 0.15) is 6.61 Å². The molecule has 0 radical (unpaired) electrons. The Hall–Kier alpha value is -2.73. The Morgan fingerprint density at radius 3 is 2.62 bits per heavy atom. The van der Waals surface area contributed by atoms with Crippen LogP contribution in [0.5, 0.6) is 17.2 Å². The molecule has 6 heteroatoms. The highest BCUT2D eigenvalue weighted by atomic mass is 16.7. The summed E-state index contributed by atoms with van der Waals surface area (Å²) in [7, 11) is 0. The van der Waals surface area contributed by atoms with Gasteiger partial charge in [0, 0.05) is 12.1 Å². The fourth-order valence-corrected chi connectivity index (χ4v) is 2.84. The average molecular weight is 356 g/mol. The van der Waals surface area contributed by atoms with Crippen LogP contribution in [-0.2, 0) is 24.4 Å². The molecule has 1 atom stereocenters. The van der Waals surface area contributed by atoms with E-state index < -0.39 is 11.9 Å². The van der Waals surface area contributed by atoms with Gasteiger partial charge in [-0.25, -0.2) is 0 Å². The minimum Gasteiger partial charge on any atom is -0.485 e. The van der Waals surface area contributed by atoms with Gasteiger partial charge >= 0.3 is 0 Å². The molecular weight excluding hydrogens is 332 g/mol. The van der Waals surface area contributed by atoms with Crippen LogP contribution >= 0.6 is 0 Å². The number of fused-ring (bicyclic) bond motifs is 1. The fourth-order valence-electron chi connectivity index (χ4n) is 2.84. The first-order chi connectivity index (χ1) is 12.6. The zero-order valence-corrected chi connectivity index (χ0v) is 15.1. The maximum absolute atomic E-state index is 11.2. The standard InChI is InChI=1S/C20H24N2O4/c1-3-14-6-4-5-7-16(14)11-24-17-9-8-15(10-22-13(2)20(21)23)18-19(17)26-12-25-18/h4-9,13,22H,3,10-12H2,1-2H3,(H2,21,23). The predicted molar refractivity (Wildman–Crippen MR) is 98.2 cm³/mol. The molecule has 0 bridgehead atoms. The molecule has 0 fully saturated rings. The van der Waals surface area contributed by atoms with E-state index in [4.69, 9.17) is 19.9 Å². The van der Waals surface area contributed by atoms with Gasteiger partial charge in [-0.2, -0.15) is 0 Å². The lowest BCUT2D eigenvalue weighted by atomic mass is 10.1. The number of hydrogen-bond donors (Lipinski definition) is 2. The van der Waals surface area contributed by atoms with Crippen molar-refractivity contribution in [3.63, 3.8) is 0 Å². The van der Waals surface area contributed by atoms with Gasteiger partial charge < -0.3 is 25.3 Å². The number of amides is 1. The highest BCUT2D eigenvalue weighted by molar-refractivity contribution is 5.79. The number of nitrogens with two attached hydrogens (primary N) is 1. The van der Waals surface area contributed by atoms with E-state index in [9.17, 15) is 4.79 Å². The number of rotatable bonds is 8. The van der Waals surface area contributed by atoms with E-state index in [2.05, 4.69) is 24.4 Å². The Kier molecular flexibility index (Phi) is 5.63. The second-order valence-corrected chi connectivity index (χ2v) is 6.20. The van der Waals surface area contributed by atoms with Crippen LogP contribution in [0.3, 0.4) is 0 Å². The Balaban J connectivity index is 1.73. The highest BCUT2D eigenvalue weighted by Gasteiger charge is 2.23. The summed E-state index contributed by atoms with van der Waals surface area (Å²) in [5.41, 5.74) is 8.60. The molecule has 1 aliphatic heterocycles. The molecule has 1 unspecified atom stereocenters. The van der Waals surface area contributed by atoms with Crippen molar-refractivity contribution < 1.29 is 19.0 Å². The van der Waals surface area contributed by atoms with Gasteiger partial charge in [-0.05, 0) is 30.5 Å². The van der Waals surface area contributed by atoms with Crippen LogP contribution < -0.4 is 25.3 Å². The predicted octanol–water partition coefficient (Wildman–Crippen LogP) is 2.52. The second kappa shape index (κ2) is 8.10. The first kappa shape index (κ1) is 18.1. The first-order valence-corrected chi connectivity index (χ1v) is 8.74. The molecule has 1 amide bonds. The minimum atomic E-state index is -0.422. The third-order valence-electron chi connectivity index (χ3n) is 4.47. The molecular formula is C20H24N2O4. The summed E-state index contributed by atoms with van der Waals surface area (Å²) in [6.45, 7) is 4.93.